The first-order chi connectivity index (χ1) is 5.37. The van der Waals surface area contributed by atoms with Gasteiger partial charge in [-0.05, 0) is 13.3 Å². The Balaban J connectivity index is 2.57. The average molecular weight is 195 g/mol. The van der Waals surface area contributed by atoms with Crippen LogP contribution in [0.3, 0.4) is 0 Å². The van der Waals surface area contributed by atoms with E-state index in [2.05, 4.69) is 0 Å². The third-order valence-corrected chi connectivity index (χ3v) is 3.67. The lowest BCUT2D eigenvalue weighted by Crippen LogP contribution is -2.33. The molecular weight excluding hydrogens is 178 g/mol. The SMILES string of the molecule is COC1(C)CCN(S(C)(O)O)C1. The van der Waals surface area contributed by atoms with Crippen LogP contribution in [0.4, 0.5) is 0 Å². The molecule has 1 fully saturated rings. The van der Waals surface area contributed by atoms with E-state index in [0.29, 0.717) is 13.1 Å². The minimum atomic E-state index is -2.53. The molecule has 74 valence electrons. The highest BCUT2D eigenvalue weighted by molar-refractivity contribution is 8.21. The summed E-state index contributed by atoms with van der Waals surface area (Å²) in [5.41, 5.74) is -0.209. The molecule has 1 unspecified atom stereocenters. The first-order valence-corrected chi connectivity index (χ1v) is 5.82. The molecule has 2 N–H and O–H groups in total. The Bertz CT molecular complexity index is 171. The zero-order valence-electron chi connectivity index (χ0n) is 7.78. The summed E-state index contributed by atoms with van der Waals surface area (Å²) in [6.07, 6.45) is 2.31. The van der Waals surface area contributed by atoms with Crippen LogP contribution in [-0.2, 0) is 4.74 Å². The number of hydrogen-bond donors (Lipinski definition) is 2. The molecule has 0 aromatic rings. The van der Waals surface area contributed by atoms with Crippen LogP contribution in [0.15, 0.2) is 0 Å². The van der Waals surface area contributed by atoms with Crippen LogP contribution < -0.4 is 0 Å². The predicted molar refractivity (Wildman–Crippen MR) is 50.4 cm³/mol. The Morgan fingerprint density at radius 1 is 1.50 bits per heavy atom. The van der Waals surface area contributed by atoms with Crippen LogP contribution in [0.1, 0.15) is 13.3 Å². The lowest BCUT2D eigenvalue weighted by molar-refractivity contribution is 0.0194. The summed E-state index contributed by atoms with van der Waals surface area (Å²) in [6, 6.07) is 0. The molecule has 1 heterocycles. The third-order valence-electron chi connectivity index (χ3n) is 2.38. The second kappa shape index (κ2) is 3.16. The minimum absolute atomic E-state index is 0.209. The molecule has 1 atom stereocenters. The Labute approximate surface area is 75.0 Å². The molecule has 0 spiro atoms. The lowest BCUT2D eigenvalue weighted by atomic mass is 10.1. The Kier molecular flexibility index (Phi) is 2.70. The summed E-state index contributed by atoms with van der Waals surface area (Å²) in [4.78, 5) is 0. The molecule has 1 aliphatic rings. The van der Waals surface area contributed by atoms with E-state index in [1.807, 2.05) is 6.92 Å². The third kappa shape index (κ3) is 2.11. The van der Waals surface area contributed by atoms with Gasteiger partial charge in [0.05, 0.1) is 5.60 Å². The van der Waals surface area contributed by atoms with Crippen LogP contribution >= 0.6 is 10.8 Å². The fourth-order valence-electron chi connectivity index (χ4n) is 1.35. The first-order valence-electron chi connectivity index (χ1n) is 3.91. The average Bonchev–Trinajstić information content (AvgIpc) is 2.32. The Hall–Kier alpha value is 0.190. The maximum absolute atomic E-state index is 9.35. The van der Waals surface area contributed by atoms with E-state index in [-0.39, 0.29) is 5.60 Å². The lowest BCUT2D eigenvalue weighted by Gasteiger charge is -2.37. The molecule has 0 bridgehead atoms. The van der Waals surface area contributed by atoms with Crippen molar-refractivity contribution in [3.63, 3.8) is 0 Å². The highest BCUT2D eigenvalue weighted by Crippen LogP contribution is 2.44. The van der Waals surface area contributed by atoms with Gasteiger partial charge in [0, 0.05) is 26.5 Å². The molecule has 1 rings (SSSR count). The van der Waals surface area contributed by atoms with Gasteiger partial charge in [-0.1, -0.05) is 0 Å². The fraction of sp³-hybridized carbons (Fsp3) is 1.00. The Morgan fingerprint density at radius 2 is 2.08 bits per heavy atom. The number of rotatable bonds is 2. The molecule has 0 amide bonds. The van der Waals surface area contributed by atoms with Gasteiger partial charge in [0.15, 0.2) is 0 Å². The van der Waals surface area contributed by atoms with E-state index >= 15 is 0 Å². The second-order valence-electron chi connectivity index (χ2n) is 3.56. The van der Waals surface area contributed by atoms with Crippen molar-refractivity contribution < 1.29 is 13.8 Å². The maximum Gasteiger partial charge on any atom is 0.0806 e. The van der Waals surface area contributed by atoms with Crippen LogP contribution in [0.5, 0.6) is 0 Å². The van der Waals surface area contributed by atoms with Crippen molar-refractivity contribution in [3.05, 3.63) is 0 Å². The van der Waals surface area contributed by atoms with E-state index in [4.69, 9.17) is 4.74 Å². The number of ether oxygens (including phenoxy) is 1. The molecule has 1 aliphatic heterocycles. The van der Waals surface area contributed by atoms with Crippen LogP contribution in [0.2, 0.25) is 0 Å². The molecule has 0 aromatic carbocycles. The summed E-state index contributed by atoms with van der Waals surface area (Å²) < 4.78 is 25.7. The van der Waals surface area contributed by atoms with Gasteiger partial charge in [0.25, 0.3) is 0 Å². The maximum atomic E-state index is 9.35. The monoisotopic (exact) mass is 195 g/mol. The summed E-state index contributed by atoms with van der Waals surface area (Å²) in [5.74, 6) is 0. The van der Waals surface area contributed by atoms with Crippen molar-refractivity contribution in [2.24, 2.45) is 0 Å². The van der Waals surface area contributed by atoms with E-state index < -0.39 is 10.8 Å². The zero-order valence-corrected chi connectivity index (χ0v) is 8.60. The number of methoxy groups -OCH3 is 1. The largest absolute Gasteiger partial charge is 0.377 e. The summed E-state index contributed by atoms with van der Waals surface area (Å²) in [5, 5.41) is 0. The molecule has 4 nitrogen and oxygen atoms in total. The van der Waals surface area contributed by atoms with Gasteiger partial charge in [-0.25, -0.2) is 4.31 Å². The first kappa shape index (κ1) is 10.3. The van der Waals surface area contributed by atoms with Crippen LogP contribution in [0, 0.1) is 0 Å². The van der Waals surface area contributed by atoms with Gasteiger partial charge < -0.3 is 4.74 Å². The van der Waals surface area contributed by atoms with Crippen molar-refractivity contribution in [1.82, 2.24) is 4.31 Å². The molecule has 12 heavy (non-hydrogen) atoms. The number of hydrogen-bond acceptors (Lipinski definition) is 4. The van der Waals surface area contributed by atoms with Gasteiger partial charge in [0.1, 0.15) is 0 Å². The quantitative estimate of drug-likeness (QED) is 0.699. The predicted octanol–water partition coefficient (Wildman–Crippen LogP) is 1.39. The summed E-state index contributed by atoms with van der Waals surface area (Å²) in [7, 11) is -0.873. The molecule has 0 radical (unpaired) electrons. The van der Waals surface area contributed by atoms with E-state index in [9.17, 15) is 9.11 Å². The highest BCUT2D eigenvalue weighted by atomic mass is 32.3. The summed E-state index contributed by atoms with van der Waals surface area (Å²) >= 11 is 0. The fourth-order valence-corrected chi connectivity index (χ4v) is 2.31. The molecule has 0 aliphatic carbocycles. The van der Waals surface area contributed by atoms with Crippen molar-refractivity contribution in [1.29, 1.82) is 0 Å². The molecule has 5 heteroatoms. The standard InChI is InChI=1S/C7H17NO3S/c1-7(11-2)4-5-8(6-7)12(3,9)10/h9-10H,4-6H2,1-3H3. The van der Waals surface area contributed by atoms with Crippen LogP contribution in [-0.4, -0.2) is 45.5 Å². The van der Waals surface area contributed by atoms with Crippen molar-refractivity contribution in [2.75, 3.05) is 26.5 Å². The van der Waals surface area contributed by atoms with E-state index in [1.165, 1.54) is 6.26 Å². The minimum Gasteiger partial charge on any atom is -0.377 e. The second-order valence-corrected chi connectivity index (χ2v) is 5.66. The smallest absolute Gasteiger partial charge is 0.0806 e. The van der Waals surface area contributed by atoms with Gasteiger partial charge in [-0.3, -0.25) is 9.11 Å². The van der Waals surface area contributed by atoms with Crippen molar-refractivity contribution in [3.8, 4) is 0 Å². The Morgan fingerprint density at radius 3 is 2.33 bits per heavy atom. The van der Waals surface area contributed by atoms with E-state index in [0.717, 1.165) is 6.42 Å². The number of nitrogens with zero attached hydrogens (tertiary/aromatic N) is 1. The van der Waals surface area contributed by atoms with E-state index in [1.54, 1.807) is 11.4 Å². The van der Waals surface area contributed by atoms with Gasteiger partial charge >= 0.3 is 0 Å². The molecule has 0 saturated carbocycles. The van der Waals surface area contributed by atoms with Crippen molar-refractivity contribution in [2.45, 2.75) is 18.9 Å². The van der Waals surface area contributed by atoms with Gasteiger partial charge in [-0.15, -0.1) is 10.8 Å². The van der Waals surface area contributed by atoms with Gasteiger partial charge in [0.2, 0.25) is 0 Å². The molecular formula is C7H17NO3S. The topological polar surface area (TPSA) is 52.9 Å². The van der Waals surface area contributed by atoms with Crippen molar-refractivity contribution >= 4 is 10.8 Å². The zero-order chi connectivity index (χ0) is 9.41. The van der Waals surface area contributed by atoms with Gasteiger partial charge in [-0.2, -0.15) is 0 Å². The van der Waals surface area contributed by atoms with Crippen LogP contribution in [0.25, 0.3) is 0 Å². The molecule has 1 saturated heterocycles. The normalized spacial score (nSPS) is 34.1. The summed E-state index contributed by atoms with van der Waals surface area (Å²) in [6.45, 7) is 3.28. The molecule has 0 aromatic heterocycles. The highest BCUT2D eigenvalue weighted by Gasteiger charge is 2.37.